The first kappa shape index (κ1) is 19.2. The van der Waals surface area contributed by atoms with E-state index in [1.165, 1.54) is 6.07 Å². The maximum absolute atomic E-state index is 12.9. The highest BCUT2D eigenvalue weighted by Gasteiger charge is 2.40. The molecule has 11 heteroatoms. The van der Waals surface area contributed by atoms with Crippen molar-refractivity contribution in [3.05, 3.63) is 63.5 Å². The molecule has 6 nitrogen and oxygen atoms in total. The van der Waals surface area contributed by atoms with Gasteiger partial charge in [-0.05, 0) is 17.7 Å². The number of rotatable bonds is 4. The number of amides is 1. The molecule has 1 aromatic carbocycles. The predicted molar refractivity (Wildman–Crippen MR) is 94.0 cm³/mol. The molecule has 0 aliphatic carbocycles. The van der Waals surface area contributed by atoms with Crippen molar-refractivity contribution in [3.8, 4) is 0 Å². The molecule has 1 amide bonds. The Kier molecular flexibility index (Phi) is 5.16. The SMILES string of the molecule is Cn1nc(C(=O)Nc2ccn(Cc3cccc(Cl)c3)n2)c(Cl)c1C(F)(F)F. The van der Waals surface area contributed by atoms with Gasteiger partial charge in [0.2, 0.25) is 0 Å². The van der Waals surface area contributed by atoms with Gasteiger partial charge in [0, 0.05) is 24.3 Å². The second-order valence-corrected chi connectivity index (χ2v) is 6.43. The van der Waals surface area contributed by atoms with Crippen LogP contribution in [0.4, 0.5) is 19.0 Å². The van der Waals surface area contributed by atoms with E-state index in [1.54, 1.807) is 29.1 Å². The van der Waals surface area contributed by atoms with Gasteiger partial charge in [0.1, 0.15) is 5.02 Å². The zero-order valence-corrected chi connectivity index (χ0v) is 15.3. The lowest BCUT2D eigenvalue weighted by molar-refractivity contribution is -0.143. The number of aromatic nitrogens is 4. The molecule has 0 bridgehead atoms. The lowest BCUT2D eigenvalue weighted by Gasteiger charge is -2.06. The molecule has 0 spiro atoms. The Balaban J connectivity index is 1.75. The van der Waals surface area contributed by atoms with Crippen molar-refractivity contribution < 1.29 is 18.0 Å². The largest absolute Gasteiger partial charge is 0.434 e. The molecule has 142 valence electrons. The molecule has 0 saturated heterocycles. The quantitative estimate of drug-likeness (QED) is 0.690. The van der Waals surface area contributed by atoms with Crippen LogP contribution in [0.25, 0.3) is 0 Å². The van der Waals surface area contributed by atoms with Crippen LogP contribution in [-0.2, 0) is 19.8 Å². The Morgan fingerprint density at radius 3 is 2.59 bits per heavy atom. The third-order valence-electron chi connectivity index (χ3n) is 3.59. The van der Waals surface area contributed by atoms with Gasteiger partial charge in [-0.1, -0.05) is 35.3 Å². The van der Waals surface area contributed by atoms with Crippen LogP contribution in [0.15, 0.2) is 36.5 Å². The van der Waals surface area contributed by atoms with Crippen molar-refractivity contribution in [3.63, 3.8) is 0 Å². The van der Waals surface area contributed by atoms with Crippen LogP contribution >= 0.6 is 23.2 Å². The van der Waals surface area contributed by atoms with Crippen molar-refractivity contribution in [2.75, 3.05) is 5.32 Å². The number of benzene rings is 1. The molecule has 0 saturated carbocycles. The summed E-state index contributed by atoms with van der Waals surface area (Å²) in [6, 6.07) is 8.67. The van der Waals surface area contributed by atoms with Gasteiger partial charge < -0.3 is 5.32 Å². The number of hydrogen-bond donors (Lipinski definition) is 1. The predicted octanol–water partition coefficient (Wildman–Crippen LogP) is 4.24. The van der Waals surface area contributed by atoms with Crippen molar-refractivity contribution in [1.29, 1.82) is 0 Å². The lowest BCUT2D eigenvalue weighted by Crippen LogP contribution is -2.14. The number of halogens is 5. The number of carbonyl (C=O) groups excluding carboxylic acids is 1. The Morgan fingerprint density at radius 2 is 1.96 bits per heavy atom. The highest BCUT2D eigenvalue weighted by atomic mass is 35.5. The van der Waals surface area contributed by atoms with Gasteiger partial charge in [-0.15, -0.1) is 0 Å². The molecule has 3 aromatic rings. The first-order valence-corrected chi connectivity index (χ1v) is 8.29. The number of alkyl halides is 3. The smallest absolute Gasteiger partial charge is 0.304 e. The van der Waals surface area contributed by atoms with E-state index in [9.17, 15) is 18.0 Å². The highest BCUT2D eigenvalue weighted by molar-refractivity contribution is 6.34. The van der Waals surface area contributed by atoms with E-state index in [1.807, 2.05) is 6.07 Å². The molecule has 27 heavy (non-hydrogen) atoms. The van der Waals surface area contributed by atoms with Crippen molar-refractivity contribution in [2.45, 2.75) is 12.7 Å². The standard InChI is InChI=1S/C16H12Cl2F3N5O/c1-25-14(16(19,20)21)12(18)13(24-25)15(27)22-11-5-6-26(23-11)8-9-3-2-4-10(17)7-9/h2-7H,8H2,1H3,(H,22,23,27). The summed E-state index contributed by atoms with van der Waals surface area (Å²) in [5.74, 6) is -0.739. The first-order chi connectivity index (χ1) is 12.6. The third kappa shape index (κ3) is 4.25. The van der Waals surface area contributed by atoms with Crippen LogP contribution in [0, 0.1) is 0 Å². The van der Waals surface area contributed by atoms with Gasteiger partial charge in [0.05, 0.1) is 6.54 Å². The summed E-state index contributed by atoms with van der Waals surface area (Å²) in [7, 11) is 1.06. The van der Waals surface area contributed by atoms with Crippen LogP contribution in [0.5, 0.6) is 0 Å². The third-order valence-corrected chi connectivity index (χ3v) is 4.18. The topological polar surface area (TPSA) is 64.7 Å². The maximum atomic E-state index is 12.9. The summed E-state index contributed by atoms with van der Waals surface area (Å²) in [4.78, 5) is 12.2. The van der Waals surface area contributed by atoms with Crippen LogP contribution in [0.3, 0.4) is 0 Å². The minimum absolute atomic E-state index is 0.150. The van der Waals surface area contributed by atoms with Crippen LogP contribution in [0.1, 0.15) is 21.7 Å². The zero-order valence-electron chi connectivity index (χ0n) is 13.8. The fourth-order valence-electron chi connectivity index (χ4n) is 2.47. The molecular formula is C16H12Cl2F3N5O. The van der Waals surface area contributed by atoms with Gasteiger partial charge in [-0.2, -0.15) is 23.4 Å². The molecule has 0 fully saturated rings. The summed E-state index contributed by atoms with van der Waals surface area (Å²) in [6.45, 7) is 0.402. The molecule has 1 N–H and O–H groups in total. The van der Waals surface area contributed by atoms with Crippen molar-refractivity contribution in [2.24, 2.45) is 7.05 Å². The summed E-state index contributed by atoms with van der Waals surface area (Å²) >= 11 is 11.6. The molecule has 2 aromatic heterocycles. The van der Waals surface area contributed by atoms with E-state index >= 15 is 0 Å². The Labute approximate surface area is 161 Å². The van der Waals surface area contributed by atoms with Crippen LogP contribution in [0.2, 0.25) is 10.0 Å². The number of nitrogens with zero attached hydrogens (tertiary/aromatic N) is 4. The van der Waals surface area contributed by atoms with Crippen molar-refractivity contribution >= 4 is 34.9 Å². The van der Waals surface area contributed by atoms with Gasteiger partial charge in [0.25, 0.3) is 5.91 Å². The molecule has 3 rings (SSSR count). The van der Waals surface area contributed by atoms with E-state index in [-0.39, 0.29) is 5.82 Å². The molecular weight excluding hydrogens is 406 g/mol. The van der Waals surface area contributed by atoms with Gasteiger partial charge in [0.15, 0.2) is 17.2 Å². The van der Waals surface area contributed by atoms with E-state index in [0.717, 1.165) is 12.6 Å². The minimum Gasteiger partial charge on any atom is -0.304 e. The molecule has 2 heterocycles. The molecule has 0 radical (unpaired) electrons. The maximum Gasteiger partial charge on any atom is 0.434 e. The van der Waals surface area contributed by atoms with E-state index in [2.05, 4.69) is 15.5 Å². The molecule has 0 aliphatic rings. The van der Waals surface area contributed by atoms with E-state index < -0.39 is 28.5 Å². The number of aryl methyl sites for hydroxylation is 1. The summed E-state index contributed by atoms with van der Waals surface area (Å²) in [5.41, 5.74) is -0.831. The summed E-state index contributed by atoms with van der Waals surface area (Å²) < 4.78 is 40.9. The monoisotopic (exact) mass is 417 g/mol. The van der Waals surface area contributed by atoms with Gasteiger partial charge in [-0.3, -0.25) is 14.2 Å². The zero-order chi connectivity index (χ0) is 19.8. The molecule has 0 aliphatic heterocycles. The van der Waals surface area contributed by atoms with Crippen molar-refractivity contribution in [1.82, 2.24) is 19.6 Å². The minimum atomic E-state index is -4.73. The lowest BCUT2D eigenvalue weighted by atomic mass is 10.2. The fraction of sp³-hybridized carbons (Fsp3) is 0.188. The number of hydrogen-bond acceptors (Lipinski definition) is 3. The normalized spacial score (nSPS) is 11.6. The van der Waals surface area contributed by atoms with Gasteiger partial charge >= 0.3 is 6.18 Å². The fourth-order valence-corrected chi connectivity index (χ4v) is 3.03. The Morgan fingerprint density at radius 1 is 1.22 bits per heavy atom. The molecule has 0 unspecified atom stereocenters. The first-order valence-electron chi connectivity index (χ1n) is 7.54. The van der Waals surface area contributed by atoms with Gasteiger partial charge in [-0.25, -0.2) is 0 Å². The number of anilines is 1. The number of carbonyl (C=O) groups is 1. The number of nitrogens with one attached hydrogen (secondary N) is 1. The summed E-state index contributed by atoms with van der Waals surface area (Å²) in [6.07, 6.45) is -3.12. The Hall–Kier alpha value is -2.52. The second-order valence-electron chi connectivity index (χ2n) is 5.62. The van der Waals surface area contributed by atoms with Crippen LogP contribution in [-0.4, -0.2) is 25.5 Å². The van der Waals surface area contributed by atoms with Crippen LogP contribution < -0.4 is 5.32 Å². The average molecular weight is 418 g/mol. The van der Waals surface area contributed by atoms with E-state index in [4.69, 9.17) is 23.2 Å². The summed E-state index contributed by atoms with van der Waals surface area (Å²) in [5, 5.41) is 9.91. The van der Waals surface area contributed by atoms with E-state index in [0.29, 0.717) is 16.2 Å². The average Bonchev–Trinajstić information content (AvgIpc) is 3.10. The highest BCUT2D eigenvalue weighted by Crippen LogP contribution is 2.36. The Bertz CT molecular complexity index is 996. The molecule has 0 atom stereocenters. The second kappa shape index (κ2) is 7.24.